The molecule has 0 aliphatic heterocycles. The van der Waals surface area contributed by atoms with Crippen LogP contribution in [0, 0.1) is 0 Å². The summed E-state index contributed by atoms with van der Waals surface area (Å²) in [5.41, 5.74) is 0.544. The molecule has 7 aromatic carbocycles. The molecule has 12 nitrogen and oxygen atoms in total. The molecule has 0 heterocycles. The molecule has 12 heteroatoms. The Labute approximate surface area is 320 Å². The number of aromatic hydroxyl groups is 2. The molecule has 286 valence electrons. The minimum Gasteiger partial charge on any atom is -0.504 e. The summed E-state index contributed by atoms with van der Waals surface area (Å²) in [7, 11) is 5.53. The first-order valence-corrected chi connectivity index (χ1v) is 17.9. The number of fused-ring (bicyclic) bond motifs is 2. The lowest BCUT2D eigenvalue weighted by Crippen LogP contribution is -2.12. The zero-order valence-electron chi connectivity index (χ0n) is 31.1. The molecular formula is C44H38O12. The summed E-state index contributed by atoms with van der Waals surface area (Å²) in [5.74, 6) is -1.53. The standard InChI is InChI=1S/C44H38O12/c1-51-29-21-27(45)33-37-31(25(41(53-3)39(33)47)17-11-19-55-43(49)23-13-7-5-8-14-23)32-26(18-12-20-56-44(50)24-15-9-6-10-16-24)42(54-4)40(48)34-28(46)22-30(52-2)36(35(29)37)38(32)34/h5-10,13-16,21-22,47-48H,11-12,17-20H2,1-4H3. The predicted octanol–water partition coefficient (Wildman–Crippen LogP) is 6.92. The van der Waals surface area contributed by atoms with Crippen LogP contribution < -0.4 is 29.8 Å². The lowest BCUT2D eigenvalue weighted by atomic mass is 9.82. The van der Waals surface area contributed by atoms with Crippen LogP contribution in [0.2, 0.25) is 0 Å². The van der Waals surface area contributed by atoms with Gasteiger partial charge in [-0.05, 0) is 60.7 Å². The fourth-order valence-electron chi connectivity index (χ4n) is 7.71. The van der Waals surface area contributed by atoms with Gasteiger partial charge in [-0.3, -0.25) is 9.59 Å². The number of phenols is 2. The molecular weight excluding hydrogens is 720 g/mol. The van der Waals surface area contributed by atoms with Crippen molar-refractivity contribution < 1.29 is 48.2 Å². The first-order valence-electron chi connectivity index (χ1n) is 17.9. The third-order valence-electron chi connectivity index (χ3n) is 10.0. The van der Waals surface area contributed by atoms with E-state index in [2.05, 4.69) is 0 Å². The van der Waals surface area contributed by atoms with Gasteiger partial charge in [0.15, 0.2) is 33.9 Å². The van der Waals surface area contributed by atoms with Crippen LogP contribution in [-0.2, 0) is 22.3 Å². The Morgan fingerprint density at radius 3 is 1.21 bits per heavy atom. The molecule has 7 rings (SSSR count). The summed E-state index contributed by atoms with van der Waals surface area (Å²) >= 11 is 0. The highest BCUT2D eigenvalue weighted by Gasteiger charge is 2.32. The number of carbonyl (C=O) groups is 2. The summed E-state index contributed by atoms with van der Waals surface area (Å²) < 4.78 is 34.5. The van der Waals surface area contributed by atoms with Gasteiger partial charge < -0.3 is 38.6 Å². The van der Waals surface area contributed by atoms with Gasteiger partial charge >= 0.3 is 11.9 Å². The van der Waals surface area contributed by atoms with Crippen LogP contribution in [-0.4, -0.2) is 63.8 Å². The van der Waals surface area contributed by atoms with E-state index in [9.17, 15) is 29.4 Å². The number of carbonyl (C=O) groups excluding carboxylic acids is 2. The summed E-state index contributed by atoms with van der Waals surface area (Å²) in [6.45, 7) is -0.00801. The number of aryl methyl sites for hydroxylation is 2. The van der Waals surface area contributed by atoms with Gasteiger partial charge in [-0.2, -0.15) is 0 Å². The molecule has 0 spiro atoms. The van der Waals surface area contributed by atoms with E-state index in [0.717, 1.165) is 0 Å². The van der Waals surface area contributed by atoms with Crippen LogP contribution >= 0.6 is 0 Å². The van der Waals surface area contributed by atoms with E-state index < -0.39 is 34.3 Å². The first-order chi connectivity index (χ1) is 27.2. The van der Waals surface area contributed by atoms with E-state index >= 15 is 0 Å². The van der Waals surface area contributed by atoms with Gasteiger partial charge in [-0.25, -0.2) is 9.59 Å². The Kier molecular flexibility index (Phi) is 10.4. The van der Waals surface area contributed by atoms with Gasteiger partial charge in [-0.15, -0.1) is 0 Å². The molecule has 0 amide bonds. The van der Waals surface area contributed by atoms with Crippen LogP contribution in [0.5, 0.6) is 34.5 Å². The topological polar surface area (TPSA) is 164 Å². The summed E-state index contributed by atoms with van der Waals surface area (Å²) in [5, 5.41) is 25.7. The van der Waals surface area contributed by atoms with Gasteiger partial charge in [0.2, 0.25) is 0 Å². The van der Waals surface area contributed by atoms with Crippen molar-refractivity contribution in [3.63, 3.8) is 0 Å². The number of hydrogen-bond donors (Lipinski definition) is 2. The van der Waals surface area contributed by atoms with Crippen LogP contribution in [0.4, 0.5) is 0 Å². The molecule has 0 saturated carbocycles. The number of esters is 2. The van der Waals surface area contributed by atoms with Crippen molar-refractivity contribution in [3.8, 4) is 34.5 Å². The van der Waals surface area contributed by atoms with Gasteiger partial charge in [0.25, 0.3) is 0 Å². The Balaban J connectivity index is 1.51. The zero-order valence-corrected chi connectivity index (χ0v) is 31.1. The van der Waals surface area contributed by atoms with E-state index in [4.69, 9.17) is 28.4 Å². The van der Waals surface area contributed by atoms with Crippen molar-refractivity contribution >= 4 is 55.0 Å². The van der Waals surface area contributed by atoms with Crippen molar-refractivity contribution in [1.29, 1.82) is 0 Å². The average Bonchev–Trinajstić information content (AvgIpc) is 3.21. The largest absolute Gasteiger partial charge is 0.504 e. The minimum absolute atomic E-state index is 0.00401. The molecule has 7 aromatic rings. The van der Waals surface area contributed by atoms with Gasteiger partial charge in [0.1, 0.15) is 11.5 Å². The molecule has 0 fully saturated rings. The molecule has 0 aliphatic carbocycles. The van der Waals surface area contributed by atoms with Crippen molar-refractivity contribution in [1.82, 2.24) is 0 Å². The van der Waals surface area contributed by atoms with E-state index in [1.54, 1.807) is 60.7 Å². The highest BCUT2D eigenvalue weighted by molar-refractivity contribution is 6.38. The summed E-state index contributed by atoms with van der Waals surface area (Å²) in [6.07, 6.45) is 0.850. The van der Waals surface area contributed by atoms with Crippen LogP contribution in [0.15, 0.2) is 82.4 Å². The number of benzene rings is 7. The lowest BCUT2D eigenvalue weighted by molar-refractivity contribution is 0.0491. The van der Waals surface area contributed by atoms with Crippen molar-refractivity contribution in [2.24, 2.45) is 0 Å². The first kappa shape index (κ1) is 37.5. The Morgan fingerprint density at radius 1 is 0.500 bits per heavy atom. The quantitative estimate of drug-likeness (QED) is 0.0510. The molecule has 2 N–H and O–H groups in total. The second-order valence-corrected chi connectivity index (χ2v) is 13.1. The highest BCUT2D eigenvalue weighted by Crippen LogP contribution is 2.55. The fourth-order valence-corrected chi connectivity index (χ4v) is 7.71. The SMILES string of the molecule is COc1c(O)c2c(=O)cc(OC)c3c4c(OC)cc(=O)c5c(O)c(OC)c(CCCOC(=O)c6ccccc6)c(c(c1CCCOC(=O)c1ccccc1)c23)c54. The monoisotopic (exact) mass is 758 g/mol. The Morgan fingerprint density at radius 2 is 0.875 bits per heavy atom. The second kappa shape index (κ2) is 15.5. The summed E-state index contributed by atoms with van der Waals surface area (Å²) in [4.78, 5) is 53.5. The molecule has 0 saturated heterocycles. The van der Waals surface area contributed by atoms with Crippen molar-refractivity contribution in [3.05, 3.63) is 115 Å². The van der Waals surface area contributed by atoms with Crippen LogP contribution in [0.25, 0.3) is 43.1 Å². The highest BCUT2D eigenvalue weighted by atomic mass is 16.5. The van der Waals surface area contributed by atoms with Crippen LogP contribution in [0.1, 0.15) is 44.7 Å². The predicted molar refractivity (Wildman–Crippen MR) is 211 cm³/mol. The third kappa shape index (κ3) is 6.22. The van der Waals surface area contributed by atoms with E-state index in [0.29, 0.717) is 54.6 Å². The fraction of sp³-hybridized carbons (Fsp3) is 0.227. The smallest absolute Gasteiger partial charge is 0.338 e. The van der Waals surface area contributed by atoms with E-state index in [-0.39, 0.29) is 72.7 Å². The molecule has 0 radical (unpaired) electrons. The normalized spacial score (nSPS) is 11.4. The van der Waals surface area contributed by atoms with Gasteiger partial charge in [0.05, 0.1) is 63.6 Å². The number of phenolic OH excluding ortho intramolecular Hbond substituents is 2. The summed E-state index contributed by atoms with van der Waals surface area (Å²) in [6, 6.07) is 19.6. The number of methoxy groups -OCH3 is 4. The van der Waals surface area contributed by atoms with Gasteiger partial charge in [-0.1, -0.05) is 36.4 Å². The number of rotatable bonds is 14. The number of ether oxygens (including phenoxy) is 6. The molecule has 0 atom stereocenters. The molecule has 0 aromatic heterocycles. The lowest BCUT2D eigenvalue weighted by Gasteiger charge is -2.25. The molecule has 56 heavy (non-hydrogen) atoms. The Hall–Kier alpha value is -6.82. The third-order valence-corrected chi connectivity index (χ3v) is 10.0. The maximum atomic E-state index is 13.9. The number of hydrogen-bond acceptors (Lipinski definition) is 12. The maximum Gasteiger partial charge on any atom is 0.338 e. The molecule has 0 bridgehead atoms. The van der Waals surface area contributed by atoms with Gasteiger partial charge in [0, 0.05) is 44.8 Å². The Bertz CT molecular complexity index is 2540. The van der Waals surface area contributed by atoms with E-state index in [1.807, 2.05) is 0 Å². The van der Waals surface area contributed by atoms with Crippen molar-refractivity contribution in [2.45, 2.75) is 25.7 Å². The molecule has 0 unspecified atom stereocenters. The minimum atomic E-state index is -0.555. The van der Waals surface area contributed by atoms with Crippen LogP contribution in [0.3, 0.4) is 0 Å². The zero-order chi connectivity index (χ0) is 39.7. The molecule has 0 aliphatic rings. The maximum absolute atomic E-state index is 13.9. The van der Waals surface area contributed by atoms with Crippen molar-refractivity contribution in [2.75, 3.05) is 41.7 Å². The average molecular weight is 759 g/mol. The second-order valence-electron chi connectivity index (χ2n) is 13.1. The van der Waals surface area contributed by atoms with E-state index in [1.165, 1.54) is 40.6 Å².